The van der Waals surface area contributed by atoms with Gasteiger partial charge in [0.15, 0.2) is 0 Å². The molecule has 0 saturated heterocycles. The van der Waals surface area contributed by atoms with Gasteiger partial charge in [0, 0.05) is 5.56 Å². The molecule has 0 unspecified atom stereocenters. The van der Waals surface area contributed by atoms with Crippen LogP contribution < -0.4 is 4.57 Å². The van der Waals surface area contributed by atoms with Gasteiger partial charge in [0.2, 0.25) is 0 Å². The summed E-state index contributed by atoms with van der Waals surface area (Å²) in [4.78, 5) is 12.2. The molecule has 0 fully saturated rings. The third-order valence-electron chi connectivity index (χ3n) is 2.66. The molecule has 84 valence electrons. The van der Waals surface area contributed by atoms with Crippen LogP contribution >= 0.6 is 0 Å². The fourth-order valence-electron chi connectivity index (χ4n) is 1.74. The van der Waals surface area contributed by atoms with Crippen LogP contribution in [0.4, 0.5) is 0 Å². The smallest absolute Gasteiger partial charge is 0.280 e. The average molecular weight is 226 g/mol. The first-order chi connectivity index (χ1) is 8.13. The number of imidazole rings is 1. The molecule has 2 rings (SSSR count). The highest BCUT2D eigenvalue weighted by Gasteiger charge is 2.22. The van der Waals surface area contributed by atoms with Crippen LogP contribution in [0.15, 0.2) is 36.7 Å². The van der Waals surface area contributed by atoms with Gasteiger partial charge >= 0.3 is 5.82 Å². The minimum atomic E-state index is -0.0514. The molecular weight excluding hydrogens is 214 g/mol. The zero-order valence-corrected chi connectivity index (χ0v) is 9.71. The van der Waals surface area contributed by atoms with Crippen LogP contribution in [-0.2, 0) is 14.1 Å². The molecule has 0 amide bonds. The van der Waals surface area contributed by atoms with E-state index >= 15 is 0 Å². The fourth-order valence-corrected chi connectivity index (χ4v) is 1.74. The van der Waals surface area contributed by atoms with E-state index in [0.29, 0.717) is 17.0 Å². The van der Waals surface area contributed by atoms with E-state index in [0.717, 1.165) is 0 Å². The van der Waals surface area contributed by atoms with Gasteiger partial charge in [0.05, 0.1) is 25.7 Å². The van der Waals surface area contributed by atoms with Crippen molar-refractivity contribution in [2.75, 3.05) is 0 Å². The van der Waals surface area contributed by atoms with Crippen LogP contribution in [0, 0.1) is 11.3 Å². The number of carbonyl (C=O) groups is 1. The molecule has 0 spiro atoms. The second-order valence-electron chi connectivity index (χ2n) is 3.86. The maximum atomic E-state index is 12.2. The monoisotopic (exact) mass is 226 g/mol. The van der Waals surface area contributed by atoms with E-state index in [1.54, 1.807) is 33.4 Å². The maximum Gasteiger partial charge on any atom is 0.330 e. The van der Waals surface area contributed by atoms with E-state index < -0.39 is 0 Å². The Morgan fingerprint density at radius 3 is 2.47 bits per heavy atom. The third-order valence-corrected chi connectivity index (χ3v) is 2.66. The summed E-state index contributed by atoms with van der Waals surface area (Å²) in [6.07, 6.45) is 3.66. The van der Waals surface area contributed by atoms with Gasteiger partial charge in [-0.25, -0.2) is 9.13 Å². The van der Waals surface area contributed by atoms with E-state index in [1.807, 2.05) is 32.6 Å². The van der Waals surface area contributed by atoms with Gasteiger partial charge in [0.1, 0.15) is 12.4 Å². The number of ketones is 1. The van der Waals surface area contributed by atoms with Crippen molar-refractivity contribution >= 4 is 5.78 Å². The Kier molecular flexibility index (Phi) is 2.75. The van der Waals surface area contributed by atoms with Crippen molar-refractivity contribution < 1.29 is 9.36 Å². The number of rotatable bonds is 2. The Morgan fingerprint density at radius 2 is 2.00 bits per heavy atom. The lowest BCUT2D eigenvalue weighted by Gasteiger charge is -1.98. The second-order valence-corrected chi connectivity index (χ2v) is 3.86. The van der Waals surface area contributed by atoms with Crippen LogP contribution in [0.5, 0.6) is 0 Å². The predicted octanol–water partition coefficient (Wildman–Crippen LogP) is 0.952. The van der Waals surface area contributed by atoms with Crippen LogP contribution in [0.2, 0.25) is 0 Å². The first kappa shape index (κ1) is 11.1. The van der Waals surface area contributed by atoms with Crippen molar-refractivity contribution in [1.82, 2.24) is 4.57 Å². The average Bonchev–Trinajstić information content (AvgIpc) is 2.68. The summed E-state index contributed by atoms with van der Waals surface area (Å²) in [7, 11) is 3.66. The zero-order valence-electron chi connectivity index (χ0n) is 9.71. The Labute approximate surface area is 99.4 Å². The van der Waals surface area contributed by atoms with E-state index in [9.17, 15) is 4.79 Å². The highest BCUT2D eigenvalue weighted by Crippen LogP contribution is 2.08. The van der Waals surface area contributed by atoms with Crippen LogP contribution in [0.25, 0.3) is 0 Å². The number of hydrogen-bond donors (Lipinski definition) is 0. The first-order valence-corrected chi connectivity index (χ1v) is 5.19. The molecule has 0 bridgehead atoms. The van der Waals surface area contributed by atoms with Gasteiger partial charge in [-0.3, -0.25) is 4.79 Å². The Bertz CT molecular complexity index is 583. The molecule has 0 aliphatic heterocycles. The molecule has 0 aliphatic rings. The van der Waals surface area contributed by atoms with Gasteiger partial charge in [-0.15, -0.1) is 0 Å². The summed E-state index contributed by atoms with van der Waals surface area (Å²) in [6, 6.07) is 8.68. The molecule has 17 heavy (non-hydrogen) atoms. The van der Waals surface area contributed by atoms with Crippen molar-refractivity contribution in [1.29, 1.82) is 5.26 Å². The molecule has 2 aromatic rings. The number of benzene rings is 1. The Balaban J connectivity index is 2.41. The quantitative estimate of drug-likeness (QED) is 0.565. The summed E-state index contributed by atoms with van der Waals surface area (Å²) in [5, 5.41) is 8.70. The number of hydrogen-bond acceptors (Lipinski definition) is 2. The fraction of sp³-hybridized carbons (Fsp3) is 0.154. The lowest BCUT2D eigenvalue weighted by Crippen LogP contribution is -2.35. The molecule has 0 aliphatic carbocycles. The van der Waals surface area contributed by atoms with Crippen molar-refractivity contribution in [3.05, 3.63) is 53.6 Å². The first-order valence-electron chi connectivity index (χ1n) is 5.19. The van der Waals surface area contributed by atoms with Gasteiger partial charge < -0.3 is 0 Å². The zero-order chi connectivity index (χ0) is 12.4. The third kappa shape index (κ3) is 1.95. The van der Waals surface area contributed by atoms with E-state index in [-0.39, 0.29) is 5.78 Å². The molecule has 0 saturated carbocycles. The van der Waals surface area contributed by atoms with Crippen LogP contribution in [0.3, 0.4) is 0 Å². The minimum absolute atomic E-state index is 0.0514. The molecule has 1 heterocycles. The molecule has 0 N–H and O–H groups in total. The molecular formula is C13H12N3O+. The summed E-state index contributed by atoms with van der Waals surface area (Å²) >= 11 is 0. The molecule has 1 aromatic carbocycles. The van der Waals surface area contributed by atoms with Crippen LogP contribution in [0.1, 0.15) is 21.7 Å². The van der Waals surface area contributed by atoms with Crippen molar-refractivity contribution in [3.8, 4) is 6.07 Å². The van der Waals surface area contributed by atoms with Gasteiger partial charge in [-0.2, -0.15) is 5.26 Å². The summed E-state index contributed by atoms with van der Waals surface area (Å²) < 4.78 is 3.56. The Hall–Kier alpha value is -2.41. The van der Waals surface area contributed by atoms with Gasteiger partial charge in [-0.1, -0.05) is 0 Å². The van der Waals surface area contributed by atoms with Gasteiger partial charge in [-0.05, 0) is 24.3 Å². The molecule has 0 radical (unpaired) electrons. The van der Waals surface area contributed by atoms with E-state index in [2.05, 4.69) is 0 Å². The lowest BCUT2D eigenvalue weighted by atomic mass is 10.1. The highest BCUT2D eigenvalue weighted by atomic mass is 16.1. The summed E-state index contributed by atoms with van der Waals surface area (Å²) in [6.45, 7) is 0. The number of aromatic nitrogens is 2. The van der Waals surface area contributed by atoms with Crippen molar-refractivity contribution in [3.63, 3.8) is 0 Å². The van der Waals surface area contributed by atoms with Gasteiger partial charge in [0.25, 0.3) is 5.78 Å². The summed E-state index contributed by atoms with van der Waals surface area (Å²) in [5.74, 6) is 0.555. The van der Waals surface area contributed by atoms with Crippen molar-refractivity contribution in [2.24, 2.45) is 14.1 Å². The largest absolute Gasteiger partial charge is 0.330 e. The minimum Gasteiger partial charge on any atom is -0.280 e. The second kappa shape index (κ2) is 4.22. The summed E-state index contributed by atoms with van der Waals surface area (Å²) in [5.41, 5.74) is 1.14. The number of nitrogens with zero attached hydrogens (tertiary/aromatic N) is 3. The molecule has 4 heteroatoms. The normalized spacial score (nSPS) is 9.94. The van der Waals surface area contributed by atoms with E-state index in [1.165, 1.54) is 0 Å². The topological polar surface area (TPSA) is 49.7 Å². The molecule has 1 aromatic heterocycles. The van der Waals surface area contributed by atoms with Crippen molar-refractivity contribution in [2.45, 2.75) is 0 Å². The molecule has 4 nitrogen and oxygen atoms in total. The highest BCUT2D eigenvalue weighted by molar-refractivity contribution is 6.05. The Morgan fingerprint density at radius 1 is 1.35 bits per heavy atom. The predicted molar refractivity (Wildman–Crippen MR) is 61.2 cm³/mol. The lowest BCUT2D eigenvalue weighted by molar-refractivity contribution is -0.672. The standard InChI is InChI=1S/C13H12N3O/c1-15-7-8-16(2)13(15)12(17)11-5-3-10(9-14)4-6-11/h3-8H,1-2H3/q+1. The number of nitriles is 1. The molecule has 0 atom stereocenters. The number of aryl methyl sites for hydroxylation is 2. The maximum absolute atomic E-state index is 12.2. The SMILES string of the molecule is Cn1cc[n+](C)c1C(=O)c1ccc(C#N)cc1. The van der Waals surface area contributed by atoms with E-state index in [4.69, 9.17) is 5.26 Å². The van der Waals surface area contributed by atoms with Crippen LogP contribution in [-0.4, -0.2) is 10.4 Å². The number of carbonyl (C=O) groups excluding carboxylic acids is 1.